The second-order valence-electron chi connectivity index (χ2n) is 7.66. The van der Waals surface area contributed by atoms with Crippen LogP contribution in [-0.2, 0) is 10.0 Å². The third-order valence-corrected chi connectivity index (χ3v) is 7.11. The summed E-state index contributed by atoms with van der Waals surface area (Å²) in [4.78, 5) is 17.1. The summed E-state index contributed by atoms with van der Waals surface area (Å²) in [5, 5.41) is 0. The number of hydrogen-bond acceptors (Lipinski definition) is 4. The van der Waals surface area contributed by atoms with Crippen LogP contribution in [-0.4, -0.2) is 56.1 Å². The monoisotopic (exact) mass is 423 g/mol. The number of rotatable bonds is 2. The fourth-order valence-corrected chi connectivity index (χ4v) is 5.57. The Hall–Kier alpha value is -2.93. The highest BCUT2D eigenvalue weighted by Gasteiger charge is 2.34. The summed E-state index contributed by atoms with van der Waals surface area (Å²) < 4.78 is 29.6. The van der Waals surface area contributed by atoms with E-state index in [-0.39, 0.29) is 10.8 Å². The van der Waals surface area contributed by atoms with E-state index < -0.39 is 10.0 Å². The quantitative estimate of drug-likeness (QED) is 0.743. The van der Waals surface area contributed by atoms with Gasteiger partial charge in [-0.3, -0.25) is 4.79 Å². The number of sulfonamides is 1. The lowest BCUT2D eigenvalue weighted by atomic mass is 10.1. The molecule has 2 aromatic rings. The number of amidine groups is 1. The van der Waals surface area contributed by atoms with Crippen molar-refractivity contribution in [3.63, 3.8) is 0 Å². The van der Waals surface area contributed by atoms with Crippen molar-refractivity contribution in [1.82, 2.24) is 9.80 Å². The molecule has 0 saturated carbocycles. The Balaban J connectivity index is 1.56. The summed E-state index contributed by atoms with van der Waals surface area (Å²) in [6.07, 6.45) is 0.755. The van der Waals surface area contributed by atoms with E-state index in [9.17, 15) is 13.2 Å². The molecule has 0 aliphatic carbocycles. The summed E-state index contributed by atoms with van der Waals surface area (Å²) in [5.41, 5.74) is 3.00. The van der Waals surface area contributed by atoms with Crippen LogP contribution in [0.3, 0.4) is 0 Å². The molecule has 1 amide bonds. The van der Waals surface area contributed by atoms with Gasteiger partial charge < -0.3 is 9.80 Å². The fourth-order valence-electron chi connectivity index (χ4n) is 4.09. The van der Waals surface area contributed by atoms with Crippen molar-refractivity contribution in [3.05, 3.63) is 76.9 Å². The average molecular weight is 424 g/mol. The van der Waals surface area contributed by atoms with E-state index in [2.05, 4.69) is 4.40 Å². The zero-order valence-electron chi connectivity index (χ0n) is 17.2. The molecule has 4 rings (SSSR count). The first-order valence-electron chi connectivity index (χ1n) is 10.1. The summed E-state index contributed by atoms with van der Waals surface area (Å²) >= 11 is 0. The Labute approximate surface area is 177 Å². The van der Waals surface area contributed by atoms with Crippen LogP contribution in [0, 0.1) is 6.92 Å². The first-order valence-corrected chi connectivity index (χ1v) is 11.5. The molecule has 30 heavy (non-hydrogen) atoms. The first-order chi connectivity index (χ1) is 14.4. The van der Waals surface area contributed by atoms with Gasteiger partial charge >= 0.3 is 0 Å². The number of nitrogens with zero attached hydrogens (tertiary/aromatic N) is 3. The highest BCUT2D eigenvalue weighted by atomic mass is 32.2. The van der Waals surface area contributed by atoms with Crippen molar-refractivity contribution in [1.29, 1.82) is 0 Å². The molecule has 2 aliphatic heterocycles. The molecular formula is C23H25N3O3S. The SMILES string of the molecule is CC1=C(c2ccccc2)S(=O)(=O)N=C1N1CCCN(C(=O)c2ccccc2C)CC1. The van der Waals surface area contributed by atoms with Gasteiger partial charge in [-0.15, -0.1) is 4.40 Å². The normalized spacial score (nSPS) is 18.9. The van der Waals surface area contributed by atoms with Gasteiger partial charge in [0, 0.05) is 37.3 Å². The lowest BCUT2D eigenvalue weighted by molar-refractivity contribution is 0.0763. The van der Waals surface area contributed by atoms with Crippen molar-refractivity contribution < 1.29 is 13.2 Å². The molecule has 2 heterocycles. The summed E-state index contributed by atoms with van der Waals surface area (Å²) in [6, 6.07) is 16.7. The third kappa shape index (κ3) is 3.77. The minimum atomic E-state index is -3.73. The van der Waals surface area contributed by atoms with Crippen LogP contribution in [0.4, 0.5) is 0 Å². The van der Waals surface area contributed by atoms with Crippen LogP contribution in [0.25, 0.3) is 4.91 Å². The van der Waals surface area contributed by atoms with Crippen molar-refractivity contribution in [2.24, 2.45) is 4.40 Å². The maximum atomic E-state index is 13.0. The molecule has 156 valence electrons. The Morgan fingerprint density at radius 2 is 1.60 bits per heavy atom. The van der Waals surface area contributed by atoms with Gasteiger partial charge in [-0.1, -0.05) is 48.5 Å². The maximum absolute atomic E-state index is 13.0. The summed E-state index contributed by atoms with van der Waals surface area (Å²) in [7, 11) is -3.73. The van der Waals surface area contributed by atoms with Crippen molar-refractivity contribution >= 4 is 26.7 Å². The van der Waals surface area contributed by atoms with Crippen molar-refractivity contribution in [2.45, 2.75) is 20.3 Å². The number of aryl methyl sites for hydroxylation is 1. The summed E-state index contributed by atoms with van der Waals surface area (Å²) in [6.45, 7) is 6.12. The van der Waals surface area contributed by atoms with E-state index >= 15 is 0 Å². The van der Waals surface area contributed by atoms with Crippen molar-refractivity contribution in [2.75, 3.05) is 26.2 Å². The lowest BCUT2D eigenvalue weighted by Crippen LogP contribution is -2.37. The molecule has 7 heteroatoms. The van der Waals surface area contributed by atoms with Gasteiger partial charge in [-0.2, -0.15) is 8.42 Å². The topological polar surface area (TPSA) is 70.1 Å². The Morgan fingerprint density at radius 3 is 2.33 bits per heavy atom. The van der Waals surface area contributed by atoms with Gasteiger partial charge in [0.1, 0.15) is 10.7 Å². The fraction of sp³-hybridized carbons (Fsp3) is 0.304. The molecule has 0 radical (unpaired) electrons. The molecule has 0 spiro atoms. The van der Waals surface area contributed by atoms with Gasteiger partial charge in [0.15, 0.2) is 0 Å². The molecule has 1 saturated heterocycles. The van der Waals surface area contributed by atoms with Crippen LogP contribution in [0.2, 0.25) is 0 Å². The number of hydrogen-bond donors (Lipinski definition) is 0. The van der Waals surface area contributed by atoms with E-state index in [1.165, 1.54) is 0 Å². The van der Waals surface area contributed by atoms with Gasteiger partial charge in [0.05, 0.1) is 0 Å². The standard InChI is InChI=1S/C23H25N3O3S/c1-17-9-6-7-12-20(17)23(27)26-14-8-13-25(15-16-26)22-18(2)21(30(28,29)24-22)19-10-4-3-5-11-19/h3-7,9-12H,8,13-16H2,1-2H3. The predicted molar refractivity (Wildman–Crippen MR) is 119 cm³/mol. The second-order valence-corrected chi connectivity index (χ2v) is 9.20. The minimum absolute atomic E-state index is 0.0215. The Morgan fingerprint density at radius 1 is 0.900 bits per heavy atom. The van der Waals surface area contributed by atoms with Gasteiger partial charge in [-0.25, -0.2) is 0 Å². The number of carbonyl (C=O) groups excluding carboxylic acids is 1. The average Bonchev–Trinajstić information content (AvgIpc) is 2.89. The molecular weight excluding hydrogens is 398 g/mol. The van der Waals surface area contributed by atoms with Crippen LogP contribution in [0.5, 0.6) is 0 Å². The molecule has 0 N–H and O–H groups in total. The van der Waals surface area contributed by atoms with E-state index in [0.29, 0.717) is 48.7 Å². The first kappa shape index (κ1) is 20.3. The van der Waals surface area contributed by atoms with Gasteiger partial charge in [-0.05, 0) is 37.5 Å². The highest BCUT2D eigenvalue weighted by Crippen LogP contribution is 2.33. The second kappa shape index (κ2) is 8.07. The Kier molecular flexibility index (Phi) is 5.47. The predicted octanol–water partition coefficient (Wildman–Crippen LogP) is 3.32. The van der Waals surface area contributed by atoms with E-state index in [1.54, 1.807) is 12.1 Å². The lowest BCUT2D eigenvalue weighted by Gasteiger charge is -2.24. The minimum Gasteiger partial charge on any atom is -0.354 e. The van der Waals surface area contributed by atoms with Gasteiger partial charge in [0.2, 0.25) is 0 Å². The Bertz CT molecular complexity index is 1140. The molecule has 2 aliphatic rings. The molecule has 0 bridgehead atoms. The van der Waals surface area contributed by atoms with Crippen LogP contribution < -0.4 is 0 Å². The summed E-state index contributed by atoms with van der Waals surface area (Å²) in [5.74, 6) is 0.521. The van der Waals surface area contributed by atoms with Crippen LogP contribution >= 0.6 is 0 Å². The molecule has 0 aromatic heterocycles. The van der Waals surface area contributed by atoms with E-state index in [0.717, 1.165) is 12.0 Å². The van der Waals surface area contributed by atoms with E-state index in [4.69, 9.17) is 0 Å². The molecule has 2 aromatic carbocycles. The van der Waals surface area contributed by atoms with Crippen molar-refractivity contribution in [3.8, 4) is 0 Å². The highest BCUT2D eigenvalue weighted by molar-refractivity contribution is 8.00. The number of carbonyl (C=O) groups is 1. The zero-order chi connectivity index (χ0) is 21.3. The zero-order valence-corrected chi connectivity index (χ0v) is 18.0. The van der Waals surface area contributed by atoms with Gasteiger partial charge in [0.25, 0.3) is 15.9 Å². The number of benzene rings is 2. The van der Waals surface area contributed by atoms with E-state index in [1.807, 2.05) is 66.1 Å². The largest absolute Gasteiger partial charge is 0.354 e. The number of amides is 1. The molecule has 0 atom stereocenters. The molecule has 0 unspecified atom stereocenters. The maximum Gasteiger partial charge on any atom is 0.285 e. The molecule has 6 nitrogen and oxygen atoms in total. The van der Waals surface area contributed by atoms with Crippen LogP contribution in [0.1, 0.15) is 34.8 Å². The third-order valence-electron chi connectivity index (χ3n) is 5.63. The molecule has 1 fully saturated rings. The smallest absolute Gasteiger partial charge is 0.285 e. The van der Waals surface area contributed by atoms with Crippen LogP contribution in [0.15, 0.2) is 64.6 Å².